The number of rotatable bonds is 6. The third-order valence-corrected chi connectivity index (χ3v) is 3.76. The molecule has 2 N–H and O–H groups in total. The zero-order chi connectivity index (χ0) is 17.0. The second-order valence-corrected chi connectivity index (χ2v) is 5.86. The molecule has 0 unspecified atom stereocenters. The molecule has 0 radical (unpaired) electrons. The van der Waals surface area contributed by atoms with Crippen LogP contribution in [-0.2, 0) is 19.6 Å². The van der Waals surface area contributed by atoms with Crippen LogP contribution in [0.15, 0.2) is 30.3 Å². The van der Waals surface area contributed by atoms with E-state index >= 15 is 0 Å². The lowest BCUT2D eigenvalue weighted by Crippen LogP contribution is -2.45. The molecule has 2 atom stereocenters. The molecule has 0 bridgehead atoms. The standard InChI is InChI=1S/C12H14F3NO5S/c1-2-21-11(18)10(17)9(8-6-4-3-5-7-8)16-22(19,20)12(13,14)15/h3-7,9-10,16-17H,2H2,1H3/t9-,10-/m0/s1. The Morgan fingerprint density at radius 1 is 1.32 bits per heavy atom. The Kier molecular flexibility index (Phi) is 5.92. The summed E-state index contributed by atoms with van der Waals surface area (Å²) >= 11 is 0. The van der Waals surface area contributed by atoms with E-state index < -0.39 is 33.6 Å². The molecule has 124 valence electrons. The molecule has 6 nitrogen and oxygen atoms in total. The van der Waals surface area contributed by atoms with Gasteiger partial charge in [0, 0.05) is 0 Å². The summed E-state index contributed by atoms with van der Waals surface area (Å²) in [4.78, 5) is 11.5. The lowest BCUT2D eigenvalue weighted by atomic mass is 10.0. The first-order valence-corrected chi connectivity index (χ1v) is 7.56. The van der Waals surface area contributed by atoms with Crippen LogP contribution in [0.3, 0.4) is 0 Å². The zero-order valence-corrected chi connectivity index (χ0v) is 12.2. The maximum absolute atomic E-state index is 12.5. The Morgan fingerprint density at radius 2 is 1.86 bits per heavy atom. The summed E-state index contributed by atoms with van der Waals surface area (Å²) in [7, 11) is -5.76. The average Bonchev–Trinajstić information content (AvgIpc) is 2.44. The highest BCUT2D eigenvalue weighted by Crippen LogP contribution is 2.26. The van der Waals surface area contributed by atoms with Crippen LogP contribution in [0.4, 0.5) is 13.2 Å². The van der Waals surface area contributed by atoms with E-state index in [9.17, 15) is 31.5 Å². The fraction of sp³-hybridized carbons (Fsp3) is 0.417. The molecule has 1 aromatic rings. The Labute approximate surface area is 124 Å². The molecule has 0 aromatic heterocycles. The number of aliphatic hydroxyl groups excluding tert-OH is 1. The van der Waals surface area contributed by atoms with Gasteiger partial charge in [-0.05, 0) is 12.5 Å². The van der Waals surface area contributed by atoms with Crippen LogP contribution < -0.4 is 4.72 Å². The fourth-order valence-corrected chi connectivity index (χ4v) is 2.31. The number of carbonyl (C=O) groups is 1. The van der Waals surface area contributed by atoms with E-state index in [4.69, 9.17) is 0 Å². The van der Waals surface area contributed by atoms with Crippen molar-refractivity contribution in [1.29, 1.82) is 0 Å². The van der Waals surface area contributed by atoms with Crippen LogP contribution in [0, 0.1) is 0 Å². The number of nitrogens with one attached hydrogen (secondary N) is 1. The lowest BCUT2D eigenvalue weighted by Gasteiger charge is -2.23. The third kappa shape index (κ3) is 4.42. The van der Waals surface area contributed by atoms with Crippen molar-refractivity contribution in [2.75, 3.05) is 6.61 Å². The number of halogens is 3. The topological polar surface area (TPSA) is 92.7 Å². The van der Waals surface area contributed by atoms with Crippen LogP contribution in [-0.4, -0.2) is 37.7 Å². The van der Waals surface area contributed by atoms with E-state index in [2.05, 4.69) is 4.74 Å². The minimum Gasteiger partial charge on any atom is -0.464 e. The van der Waals surface area contributed by atoms with E-state index in [-0.39, 0.29) is 12.2 Å². The van der Waals surface area contributed by atoms with E-state index in [0.717, 1.165) is 0 Å². The number of benzene rings is 1. The van der Waals surface area contributed by atoms with Crippen LogP contribution in [0.2, 0.25) is 0 Å². The first-order valence-electron chi connectivity index (χ1n) is 6.08. The predicted molar refractivity (Wildman–Crippen MR) is 69.9 cm³/mol. The van der Waals surface area contributed by atoms with Gasteiger partial charge in [-0.2, -0.15) is 17.9 Å². The van der Waals surface area contributed by atoms with Gasteiger partial charge in [-0.1, -0.05) is 30.3 Å². The summed E-state index contributed by atoms with van der Waals surface area (Å²) in [6.07, 6.45) is -2.13. The molecule has 0 saturated heterocycles. The molecule has 0 aliphatic carbocycles. The number of ether oxygens (including phenoxy) is 1. The summed E-state index contributed by atoms with van der Waals surface area (Å²) in [5.41, 5.74) is -5.59. The Hall–Kier alpha value is -1.65. The average molecular weight is 341 g/mol. The van der Waals surface area contributed by atoms with E-state index in [0.29, 0.717) is 0 Å². The van der Waals surface area contributed by atoms with E-state index in [1.165, 1.54) is 42.0 Å². The van der Waals surface area contributed by atoms with Gasteiger partial charge in [0.25, 0.3) is 0 Å². The quantitative estimate of drug-likeness (QED) is 0.756. The van der Waals surface area contributed by atoms with Gasteiger partial charge in [-0.3, -0.25) is 0 Å². The summed E-state index contributed by atoms with van der Waals surface area (Å²) < 4.78 is 65.7. The summed E-state index contributed by atoms with van der Waals surface area (Å²) in [5, 5.41) is 9.82. The second kappa shape index (κ2) is 7.07. The molecule has 0 heterocycles. The first-order chi connectivity index (χ1) is 10.1. The molecule has 10 heteroatoms. The number of alkyl halides is 3. The van der Waals surface area contributed by atoms with Crippen LogP contribution in [0.1, 0.15) is 18.5 Å². The number of carbonyl (C=O) groups excluding carboxylic acids is 1. The van der Waals surface area contributed by atoms with Gasteiger partial charge in [0.1, 0.15) is 0 Å². The maximum atomic E-state index is 12.5. The Bertz CT molecular complexity index is 603. The van der Waals surface area contributed by atoms with E-state index in [1.807, 2.05) is 0 Å². The second-order valence-electron chi connectivity index (χ2n) is 4.15. The van der Waals surface area contributed by atoms with Crippen molar-refractivity contribution in [2.45, 2.75) is 24.6 Å². The number of aliphatic hydroxyl groups is 1. The van der Waals surface area contributed by atoms with Gasteiger partial charge in [0.2, 0.25) is 0 Å². The maximum Gasteiger partial charge on any atom is 0.511 e. The van der Waals surface area contributed by atoms with Crippen LogP contribution >= 0.6 is 0 Å². The molecule has 1 rings (SSSR count). The number of hydrogen-bond donors (Lipinski definition) is 2. The van der Waals surface area contributed by atoms with Crippen molar-refractivity contribution in [2.24, 2.45) is 0 Å². The zero-order valence-electron chi connectivity index (χ0n) is 11.4. The van der Waals surface area contributed by atoms with Crippen molar-refractivity contribution >= 4 is 16.0 Å². The third-order valence-electron chi connectivity index (χ3n) is 2.59. The Balaban J connectivity index is 3.16. The molecule has 1 aromatic carbocycles. The molecular weight excluding hydrogens is 327 g/mol. The fourth-order valence-electron chi connectivity index (χ4n) is 1.57. The molecule has 0 aliphatic heterocycles. The van der Waals surface area contributed by atoms with Gasteiger partial charge in [-0.25, -0.2) is 13.2 Å². The summed E-state index contributed by atoms with van der Waals surface area (Å²) in [6.45, 7) is 1.31. The normalized spacial score (nSPS) is 15.1. The van der Waals surface area contributed by atoms with Gasteiger partial charge < -0.3 is 9.84 Å². The van der Waals surface area contributed by atoms with Crippen LogP contribution in [0.5, 0.6) is 0 Å². The first kappa shape index (κ1) is 18.4. The SMILES string of the molecule is CCOC(=O)[C@@H](O)[C@@H](NS(=O)(=O)C(F)(F)F)c1ccccc1. The van der Waals surface area contributed by atoms with Crippen molar-refractivity contribution in [3.8, 4) is 0 Å². The minimum absolute atomic E-state index is 0.0177. The molecule has 0 fully saturated rings. The van der Waals surface area contributed by atoms with Crippen molar-refractivity contribution < 1.29 is 36.2 Å². The molecular formula is C12H14F3NO5S. The Morgan fingerprint density at radius 3 is 2.32 bits per heavy atom. The minimum atomic E-state index is -5.76. The number of hydrogen-bond acceptors (Lipinski definition) is 5. The van der Waals surface area contributed by atoms with Gasteiger partial charge >= 0.3 is 21.5 Å². The monoisotopic (exact) mass is 341 g/mol. The van der Waals surface area contributed by atoms with Gasteiger partial charge in [0.15, 0.2) is 6.10 Å². The van der Waals surface area contributed by atoms with Crippen molar-refractivity contribution in [3.63, 3.8) is 0 Å². The van der Waals surface area contributed by atoms with Crippen LogP contribution in [0.25, 0.3) is 0 Å². The summed E-state index contributed by atoms with van der Waals surface area (Å²) in [5.74, 6) is -1.23. The highest BCUT2D eigenvalue weighted by Gasteiger charge is 2.48. The van der Waals surface area contributed by atoms with Crippen molar-refractivity contribution in [1.82, 2.24) is 4.72 Å². The molecule has 0 saturated carbocycles. The highest BCUT2D eigenvalue weighted by molar-refractivity contribution is 7.90. The summed E-state index contributed by atoms with van der Waals surface area (Å²) in [6, 6.07) is 5.09. The molecule has 0 aliphatic rings. The van der Waals surface area contributed by atoms with E-state index in [1.54, 1.807) is 0 Å². The van der Waals surface area contributed by atoms with Gasteiger partial charge in [0.05, 0.1) is 12.6 Å². The lowest BCUT2D eigenvalue weighted by molar-refractivity contribution is -0.154. The van der Waals surface area contributed by atoms with Crippen molar-refractivity contribution in [3.05, 3.63) is 35.9 Å². The highest BCUT2D eigenvalue weighted by atomic mass is 32.2. The molecule has 22 heavy (non-hydrogen) atoms. The molecule has 0 spiro atoms. The van der Waals surface area contributed by atoms with Gasteiger partial charge in [-0.15, -0.1) is 0 Å². The number of esters is 1. The number of sulfonamides is 1. The predicted octanol–water partition coefficient (Wildman–Crippen LogP) is 1.09. The molecule has 0 amide bonds. The smallest absolute Gasteiger partial charge is 0.464 e. The largest absolute Gasteiger partial charge is 0.511 e.